The summed E-state index contributed by atoms with van der Waals surface area (Å²) in [6.45, 7) is 2.51. The summed E-state index contributed by atoms with van der Waals surface area (Å²) in [5.74, 6) is 0.173. The third kappa shape index (κ3) is 2.27. The van der Waals surface area contributed by atoms with Crippen LogP contribution in [-0.2, 0) is 4.79 Å². The zero-order chi connectivity index (χ0) is 13.2. The molecule has 0 radical (unpaired) electrons. The quantitative estimate of drug-likeness (QED) is 0.890. The summed E-state index contributed by atoms with van der Waals surface area (Å²) < 4.78 is 0. The minimum absolute atomic E-state index is 0.173. The topological polar surface area (TPSA) is 46.3 Å². The number of rotatable bonds is 3. The monoisotopic (exact) mass is 246 g/mol. The molecule has 1 aromatic rings. The first-order valence-electron chi connectivity index (χ1n) is 6.64. The highest BCUT2D eigenvalue weighted by atomic mass is 16.2. The summed E-state index contributed by atoms with van der Waals surface area (Å²) >= 11 is 0. The van der Waals surface area contributed by atoms with E-state index in [1.165, 1.54) is 5.56 Å². The van der Waals surface area contributed by atoms with Crippen LogP contribution in [-0.4, -0.2) is 19.5 Å². The van der Waals surface area contributed by atoms with Crippen LogP contribution in [0.5, 0.6) is 0 Å². The number of hydrogen-bond donors (Lipinski definition) is 1. The number of nitrogens with two attached hydrogens (primary N) is 1. The largest absolute Gasteiger partial charge is 0.329 e. The van der Waals surface area contributed by atoms with Crippen LogP contribution >= 0.6 is 0 Å². The van der Waals surface area contributed by atoms with E-state index in [-0.39, 0.29) is 11.3 Å². The first kappa shape index (κ1) is 13.1. The summed E-state index contributed by atoms with van der Waals surface area (Å²) in [5, 5.41) is 0. The molecule has 0 saturated heterocycles. The van der Waals surface area contributed by atoms with Crippen molar-refractivity contribution in [2.24, 2.45) is 11.1 Å². The van der Waals surface area contributed by atoms with E-state index in [4.69, 9.17) is 5.73 Å². The average Bonchev–Trinajstić information content (AvgIpc) is 2.88. The minimum Gasteiger partial charge on any atom is -0.329 e. The fourth-order valence-corrected chi connectivity index (χ4v) is 2.80. The van der Waals surface area contributed by atoms with E-state index in [9.17, 15) is 4.79 Å². The van der Waals surface area contributed by atoms with Crippen molar-refractivity contribution in [2.75, 3.05) is 18.5 Å². The Hall–Kier alpha value is -1.35. The average molecular weight is 246 g/mol. The molecule has 1 aliphatic carbocycles. The minimum atomic E-state index is -0.320. The standard InChI is InChI=1S/C15H22N2O/c1-12-5-7-13(8-6-12)17(2)14(18)15(11-16)9-3-4-10-15/h5-8H,3-4,9-11,16H2,1-2H3. The summed E-state index contributed by atoms with van der Waals surface area (Å²) in [5.41, 5.74) is 7.69. The van der Waals surface area contributed by atoms with Crippen molar-refractivity contribution >= 4 is 11.6 Å². The first-order chi connectivity index (χ1) is 8.59. The lowest BCUT2D eigenvalue weighted by Gasteiger charge is -2.31. The van der Waals surface area contributed by atoms with Crippen molar-refractivity contribution < 1.29 is 4.79 Å². The first-order valence-corrected chi connectivity index (χ1v) is 6.64. The molecule has 98 valence electrons. The van der Waals surface area contributed by atoms with E-state index in [0.717, 1.165) is 31.4 Å². The van der Waals surface area contributed by atoms with Crippen molar-refractivity contribution in [1.29, 1.82) is 0 Å². The predicted molar refractivity (Wildman–Crippen MR) is 74.5 cm³/mol. The third-order valence-electron chi connectivity index (χ3n) is 4.13. The number of benzene rings is 1. The van der Waals surface area contributed by atoms with Gasteiger partial charge in [-0.15, -0.1) is 0 Å². The Balaban J connectivity index is 2.20. The van der Waals surface area contributed by atoms with Gasteiger partial charge in [-0.2, -0.15) is 0 Å². The van der Waals surface area contributed by atoms with E-state index in [1.807, 2.05) is 38.2 Å². The maximum absolute atomic E-state index is 12.6. The van der Waals surface area contributed by atoms with Crippen molar-refractivity contribution in [3.05, 3.63) is 29.8 Å². The summed E-state index contributed by atoms with van der Waals surface area (Å²) in [6, 6.07) is 8.05. The van der Waals surface area contributed by atoms with Crippen molar-refractivity contribution in [3.8, 4) is 0 Å². The van der Waals surface area contributed by atoms with Gasteiger partial charge in [0.1, 0.15) is 0 Å². The zero-order valence-corrected chi connectivity index (χ0v) is 11.3. The van der Waals surface area contributed by atoms with E-state index in [0.29, 0.717) is 6.54 Å². The van der Waals surface area contributed by atoms with Gasteiger partial charge in [0.05, 0.1) is 5.41 Å². The number of amides is 1. The number of hydrogen-bond acceptors (Lipinski definition) is 2. The summed E-state index contributed by atoms with van der Waals surface area (Å²) in [4.78, 5) is 14.4. The Morgan fingerprint density at radius 2 is 1.83 bits per heavy atom. The number of anilines is 1. The molecular formula is C15H22N2O. The molecule has 1 aliphatic rings. The van der Waals surface area contributed by atoms with Crippen LogP contribution in [0.1, 0.15) is 31.2 Å². The Bertz CT molecular complexity index is 419. The smallest absolute Gasteiger partial charge is 0.234 e. The fourth-order valence-electron chi connectivity index (χ4n) is 2.80. The highest BCUT2D eigenvalue weighted by molar-refractivity contribution is 5.97. The molecule has 0 unspecified atom stereocenters. The molecule has 3 heteroatoms. The SMILES string of the molecule is Cc1ccc(N(C)C(=O)C2(CN)CCCC2)cc1. The highest BCUT2D eigenvalue weighted by Gasteiger charge is 2.41. The molecule has 3 nitrogen and oxygen atoms in total. The van der Waals surface area contributed by atoms with Crippen LogP contribution in [0.4, 0.5) is 5.69 Å². The Labute approximate surface area is 109 Å². The molecular weight excluding hydrogens is 224 g/mol. The van der Waals surface area contributed by atoms with Gasteiger partial charge in [0.15, 0.2) is 0 Å². The molecule has 2 N–H and O–H groups in total. The predicted octanol–water partition coefficient (Wildman–Crippen LogP) is 2.48. The lowest BCUT2D eigenvalue weighted by Crippen LogP contribution is -2.45. The van der Waals surface area contributed by atoms with Crippen LogP contribution in [0.3, 0.4) is 0 Å². The summed E-state index contributed by atoms with van der Waals surface area (Å²) in [7, 11) is 1.85. The molecule has 2 rings (SSSR count). The number of carbonyl (C=O) groups is 1. The molecule has 0 atom stereocenters. The highest BCUT2D eigenvalue weighted by Crippen LogP contribution is 2.39. The van der Waals surface area contributed by atoms with Gasteiger partial charge in [-0.05, 0) is 31.9 Å². The van der Waals surface area contributed by atoms with Crippen LogP contribution in [0.2, 0.25) is 0 Å². The van der Waals surface area contributed by atoms with Gasteiger partial charge in [-0.1, -0.05) is 30.5 Å². The molecule has 0 aromatic heterocycles. The second kappa shape index (κ2) is 5.11. The number of carbonyl (C=O) groups excluding carboxylic acids is 1. The van der Waals surface area contributed by atoms with Gasteiger partial charge in [0.25, 0.3) is 0 Å². The lowest BCUT2D eigenvalue weighted by atomic mass is 9.84. The molecule has 1 saturated carbocycles. The van der Waals surface area contributed by atoms with Crippen LogP contribution < -0.4 is 10.6 Å². The Morgan fingerprint density at radius 3 is 2.33 bits per heavy atom. The molecule has 0 spiro atoms. The lowest BCUT2D eigenvalue weighted by molar-refractivity contribution is -0.127. The molecule has 0 bridgehead atoms. The Kier molecular flexibility index (Phi) is 3.71. The van der Waals surface area contributed by atoms with Crippen molar-refractivity contribution in [2.45, 2.75) is 32.6 Å². The fraction of sp³-hybridized carbons (Fsp3) is 0.533. The second-order valence-electron chi connectivity index (χ2n) is 5.39. The van der Waals surface area contributed by atoms with Gasteiger partial charge < -0.3 is 10.6 Å². The van der Waals surface area contributed by atoms with Crippen LogP contribution in [0.15, 0.2) is 24.3 Å². The van der Waals surface area contributed by atoms with Crippen molar-refractivity contribution in [3.63, 3.8) is 0 Å². The van der Waals surface area contributed by atoms with E-state index in [2.05, 4.69) is 0 Å². The molecule has 18 heavy (non-hydrogen) atoms. The van der Waals surface area contributed by atoms with Crippen LogP contribution in [0, 0.1) is 12.3 Å². The molecule has 1 fully saturated rings. The molecule has 0 aliphatic heterocycles. The maximum Gasteiger partial charge on any atom is 0.234 e. The number of aryl methyl sites for hydroxylation is 1. The van der Waals surface area contributed by atoms with E-state index in [1.54, 1.807) is 4.90 Å². The van der Waals surface area contributed by atoms with E-state index < -0.39 is 0 Å². The maximum atomic E-state index is 12.6. The van der Waals surface area contributed by atoms with Crippen molar-refractivity contribution in [1.82, 2.24) is 0 Å². The van der Waals surface area contributed by atoms with Crippen LogP contribution in [0.25, 0.3) is 0 Å². The molecule has 0 heterocycles. The van der Waals surface area contributed by atoms with Gasteiger partial charge in [-0.25, -0.2) is 0 Å². The van der Waals surface area contributed by atoms with Gasteiger partial charge in [0, 0.05) is 19.3 Å². The second-order valence-corrected chi connectivity index (χ2v) is 5.39. The normalized spacial score (nSPS) is 17.7. The zero-order valence-electron chi connectivity index (χ0n) is 11.3. The third-order valence-corrected chi connectivity index (χ3v) is 4.13. The number of nitrogens with zero attached hydrogens (tertiary/aromatic N) is 1. The Morgan fingerprint density at radius 1 is 1.28 bits per heavy atom. The molecule has 1 aromatic carbocycles. The van der Waals surface area contributed by atoms with E-state index >= 15 is 0 Å². The summed E-state index contributed by atoms with van der Waals surface area (Å²) in [6.07, 6.45) is 4.09. The van der Waals surface area contributed by atoms with Gasteiger partial charge in [0.2, 0.25) is 5.91 Å². The van der Waals surface area contributed by atoms with Gasteiger partial charge in [-0.3, -0.25) is 4.79 Å². The van der Waals surface area contributed by atoms with Gasteiger partial charge >= 0.3 is 0 Å². The molecule has 1 amide bonds.